The van der Waals surface area contributed by atoms with Crippen molar-refractivity contribution >= 4 is 34.2 Å². The number of hydrogen-bond donors (Lipinski definition) is 2. The highest BCUT2D eigenvalue weighted by molar-refractivity contribution is 7.13. The van der Waals surface area contributed by atoms with E-state index >= 15 is 0 Å². The third kappa shape index (κ3) is 8.59. The number of thiazole rings is 1. The summed E-state index contributed by atoms with van der Waals surface area (Å²) in [4.78, 5) is 43.8. The predicted molar refractivity (Wildman–Crippen MR) is 125 cm³/mol. The summed E-state index contributed by atoms with van der Waals surface area (Å²) in [6, 6.07) is 0.0963. The molecular weight excluding hydrogens is 412 g/mol. The number of rotatable bonds is 10. The van der Waals surface area contributed by atoms with Crippen molar-refractivity contribution in [2.24, 2.45) is 17.8 Å². The molecule has 0 unspecified atom stereocenters. The first kappa shape index (κ1) is 25.3. The summed E-state index contributed by atoms with van der Waals surface area (Å²) in [5.74, 6) is 0.463. The van der Waals surface area contributed by atoms with E-state index in [4.69, 9.17) is 0 Å². The van der Waals surface area contributed by atoms with Crippen LogP contribution in [0.2, 0.25) is 0 Å². The molecule has 1 saturated carbocycles. The molecule has 2 N–H and O–H groups in total. The Balaban J connectivity index is 1.90. The molecule has 1 fully saturated rings. The molecule has 1 atom stereocenters. The Labute approximate surface area is 190 Å². The maximum Gasteiger partial charge on any atom is 0.245 e. The highest BCUT2D eigenvalue weighted by atomic mass is 32.1. The first-order valence-corrected chi connectivity index (χ1v) is 12.4. The van der Waals surface area contributed by atoms with E-state index < -0.39 is 0 Å². The number of nitrogens with zero attached hydrogens (tertiary/aromatic N) is 2. The molecule has 31 heavy (non-hydrogen) atoms. The van der Waals surface area contributed by atoms with Crippen LogP contribution in [0.5, 0.6) is 0 Å². The Morgan fingerprint density at radius 3 is 2.39 bits per heavy atom. The van der Waals surface area contributed by atoms with E-state index in [0.29, 0.717) is 29.2 Å². The fourth-order valence-electron chi connectivity index (χ4n) is 3.69. The zero-order chi connectivity index (χ0) is 23.0. The number of hydrogen-bond acceptors (Lipinski definition) is 5. The van der Waals surface area contributed by atoms with Crippen molar-refractivity contribution in [2.45, 2.75) is 79.2 Å². The lowest BCUT2D eigenvalue weighted by Crippen LogP contribution is -2.43. The molecule has 0 aromatic carbocycles. The van der Waals surface area contributed by atoms with E-state index in [2.05, 4.69) is 43.3 Å². The predicted octanol–water partition coefficient (Wildman–Crippen LogP) is 3.85. The van der Waals surface area contributed by atoms with Crippen molar-refractivity contribution in [3.05, 3.63) is 11.1 Å². The molecule has 1 heterocycles. The lowest BCUT2D eigenvalue weighted by molar-refractivity contribution is -0.139. The van der Waals surface area contributed by atoms with E-state index in [0.717, 1.165) is 25.7 Å². The Bertz CT molecular complexity index is 741. The number of amides is 3. The average Bonchev–Trinajstić information content (AvgIpc) is 3.13. The number of aromatic nitrogens is 1. The van der Waals surface area contributed by atoms with E-state index in [1.54, 1.807) is 10.3 Å². The van der Waals surface area contributed by atoms with Crippen LogP contribution in [-0.4, -0.2) is 46.7 Å². The van der Waals surface area contributed by atoms with Crippen molar-refractivity contribution in [3.8, 4) is 0 Å². The van der Waals surface area contributed by atoms with Gasteiger partial charge < -0.3 is 15.5 Å². The van der Waals surface area contributed by atoms with Crippen molar-refractivity contribution in [1.82, 2.24) is 15.2 Å². The summed E-state index contributed by atoms with van der Waals surface area (Å²) in [6.07, 6.45) is 5.39. The molecule has 0 aliphatic heterocycles. The van der Waals surface area contributed by atoms with Crippen molar-refractivity contribution in [1.29, 1.82) is 0 Å². The summed E-state index contributed by atoms with van der Waals surface area (Å²) in [5.41, 5.74) is 0.631. The average molecular weight is 451 g/mol. The lowest BCUT2D eigenvalue weighted by Gasteiger charge is -2.30. The third-order valence-corrected chi connectivity index (χ3v) is 6.52. The van der Waals surface area contributed by atoms with E-state index in [-0.39, 0.29) is 42.6 Å². The standard InChI is InChI=1S/C23H38N4O3S/c1-15(2)12-27(22(30)18-9-7-6-8-10-18)13-21(29)26-23-25-19(14-31-23)11-20(28)24-17(5)16(3)4/h14-18H,6-13H2,1-5H3,(H,24,28)(H,25,26,29)/t17-/m0/s1. The molecular formula is C23H38N4O3S. The SMILES string of the molecule is CC(C)CN(CC(=O)Nc1nc(CC(=O)N[C@@H](C)C(C)C)cs1)C(=O)C1CCCCC1. The topological polar surface area (TPSA) is 91.4 Å². The van der Waals surface area contributed by atoms with Gasteiger partial charge in [-0.3, -0.25) is 14.4 Å². The molecule has 174 valence electrons. The van der Waals surface area contributed by atoms with Crippen LogP contribution in [0.3, 0.4) is 0 Å². The Kier molecular flexibility index (Phi) is 9.93. The summed E-state index contributed by atoms with van der Waals surface area (Å²) >= 11 is 1.30. The zero-order valence-electron chi connectivity index (χ0n) is 19.6. The monoisotopic (exact) mass is 450 g/mol. The van der Waals surface area contributed by atoms with Gasteiger partial charge in [0.05, 0.1) is 18.7 Å². The molecule has 0 radical (unpaired) electrons. The normalized spacial score (nSPS) is 15.7. The Hall–Kier alpha value is -1.96. The number of carbonyl (C=O) groups excluding carboxylic acids is 3. The molecule has 0 spiro atoms. The first-order chi connectivity index (χ1) is 14.7. The minimum Gasteiger partial charge on any atom is -0.353 e. The van der Waals surface area contributed by atoms with Crippen molar-refractivity contribution in [2.75, 3.05) is 18.4 Å². The number of nitrogens with one attached hydrogen (secondary N) is 2. The van der Waals surface area contributed by atoms with Crippen LogP contribution in [0, 0.1) is 17.8 Å². The molecule has 1 aromatic rings. The van der Waals surface area contributed by atoms with Gasteiger partial charge in [0, 0.05) is 23.9 Å². The van der Waals surface area contributed by atoms with Crippen molar-refractivity contribution < 1.29 is 14.4 Å². The van der Waals surface area contributed by atoms with Gasteiger partial charge in [0.15, 0.2) is 5.13 Å². The van der Waals surface area contributed by atoms with Gasteiger partial charge in [0.1, 0.15) is 0 Å². The molecule has 7 nitrogen and oxygen atoms in total. The van der Waals surface area contributed by atoms with Crippen LogP contribution in [0.1, 0.15) is 72.4 Å². The molecule has 3 amide bonds. The van der Waals surface area contributed by atoms with Gasteiger partial charge in [-0.25, -0.2) is 4.98 Å². The molecule has 2 rings (SSSR count). The minimum atomic E-state index is -0.247. The molecule has 8 heteroatoms. The van der Waals surface area contributed by atoms with Gasteiger partial charge in [-0.1, -0.05) is 47.0 Å². The molecule has 1 aliphatic carbocycles. The molecule has 1 aromatic heterocycles. The Morgan fingerprint density at radius 1 is 1.10 bits per heavy atom. The molecule has 0 bridgehead atoms. The van der Waals surface area contributed by atoms with Crippen LogP contribution in [0.25, 0.3) is 0 Å². The second-order valence-corrected chi connectivity index (χ2v) is 10.3. The third-order valence-electron chi connectivity index (χ3n) is 5.71. The lowest BCUT2D eigenvalue weighted by atomic mass is 9.88. The number of anilines is 1. The first-order valence-electron chi connectivity index (χ1n) is 11.5. The fourth-order valence-corrected chi connectivity index (χ4v) is 4.42. The minimum absolute atomic E-state index is 0.0365. The second kappa shape index (κ2) is 12.2. The quantitative estimate of drug-likeness (QED) is 0.566. The van der Waals surface area contributed by atoms with E-state index in [1.165, 1.54) is 17.8 Å². The fraction of sp³-hybridized carbons (Fsp3) is 0.739. The van der Waals surface area contributed by atoms with Crippen LogP contribution in [0.15, 0.2) is 5.38 Å². The highest BCUT2D eigenvalue weighted by Crippen LogP contribution is 2.26. The summed E-state index contributed by atoms with van der Waals surface area (Å²) in [7, 11) is 0. The summed E-state index contributed by atoms with van der Waals surface area (Å²) in [5, 5.41) is 8.00. The second-order valence-electron chi connectivity index (χ2n) is 9.42. The maximum atomic E-state index is 13.0. The maximum absolute atomic E-state index is 13.0. The van der Waals surface area contributed by atoms with Gasteiger partial charge in [-0.05, 0) is 31.6 Å². The van der Waals surface area contributed by atoms with Gasteiger partial charge in [0.2, 0.25) is 17.7 Å². The summed E-state index contributed by atoms with van der Waals surface area (Å²) in [6.45, 7) is 10.8. The van der Waals surface area contributed by atoms with Gasteiger partial charge in [-0.15, -0.1) is 11.3 Å². The smallest absolute Gasteiger partial charge is 0.245 e. The van der Waals surface area contributed by atoms with Crippen molar-refractivity contribution in [3.63, 3.8) is 0 Å². The number of carbonyl (C=O) groups is 3. The zero-order valence-corrected chi connectivity index (χ0v) is 20.4. The highest BCUT2D eigenvalue weighted by Gasteiger charge is 2.28. The van der Waals surface area contributed by atoms with Gasteiger partial charge >= 0.3 is 0 Å². The van der Waals surface area contributed by atoms with Crippen LogP contribution < -0.4 is 10.6 Å². The van der Waals surface area contributed by atoms with Gasteiger partial charge in [-0.2, -0.15) is 0 Å². The Morgan fingerprint density at radius 2 is 1.77 bits per heavy atom. The van der Waals surface area contributed by atoms with Gasteiger partial charge in [0.25, 0.3) is 0 Å². The van der Waals surface area contributed by atoms with E-state index in [1.807, 2.05) is 6.92 Å². The van der Waals surface area contributed by atoms with E-state index in [9.17, 15) is 14.4 Å². The van der Waals surface area contributed by atoms with Crippen LogP contribution in [0.4, 0.5) is 5.13 Å². The molecule has 0 saturated heterocycles. The van der Waals surface area contributed by atoms with Crippen LogP contribution >= 0.6 is 11.3 Å². The summed E-state index contributed by atoms with van der Waals surface area (Å²) < 4.78 is 0. The molecule has 1 aliphatic rings. The van der Waals surface area contributed by atoms with Crippen LogP contribution in [-0.2, 0) is 20.8 Å². The largest absolute Gasteiger partial charge is 0.353 e.